The molecule has 0 aliphatic rings. The van der Waals surface area contributed by atoms with Crippen LogP contribution in [0.15, 0.2) is 97.1 Å². The van der Waals surface area contributed by atoms with Crippen molar-refractivity contribution in [2.24, 2.45) is 0 Å². The van der Waals surface area contributed by atoms with E-state index in [1.165, 1.54) is 0 Å². The Kier molecular flexibility index (Phi) is 7.30. The molecule has 0 unspecified atom stereocenters. The minimum absolute atomic E-state index is 0.0624. The lowest BCUT2D eigenvalue weighted by Gasteiger charge is -2.32. The summed E-state index contributed by atoms with van der Waals surface area (Å²) in [6.07, 6.45) is 2.16. The van der Waals surface area contributed by atoms with Gasteiger partial charge in [0.2, 0.25) is 0 Å². The highest BCUT2D eigenvalue weighted by atomic mass is 16.2. The van der Waals surface area contributed by atoms with Crippen LogP contribution in [-0.4, -0.2) is 23.0 Å². The zero-order chi connectivity index (χ0) is 22.3. The molecule has 2 amide bonds. The van der Waals surface area contributed by atoms with Crippen molar-refractivity contribution in [1.29, 1.82) is 0 Å². The second-order valence-electron chi connectivity index (χ2n) is 8.77. The van der Waals surface area contributed by atoms with Gasteiger partial charge in [-0.05, 0) is 50.0 Å². The Bertz CT molecular complexity index is 948. The monoisotopic (exact) mass is 412 g/mol. The van der Waals surface area contributed by atoms with Gasteiger partial charge in [-0.15, -0.1) is 0 Å². The quantitative estimate of drug-likeness (QED) is 0.481. The molecule has 160 valence electrons. The number of rotatable bonds is 6. The van der Waals surface area contributed by atoms with Gasteiger partial charge in [0, 0.05) is 12.1 Å². The fourth-order valence-corrected chi connectivity index (χ4v) is 3.55. The summed E-state index contributed by atoms with van der Waals surface area (Å²) in [6, 6.07) is 30.7. The molecule has 0 bridgehead atoms. The number of amides is 2. The van der Waals surface area contributed by atoms with Crippen LogP contribution in [0.2, 0.25) is 0 Å². The number of carbonyl (C=O) groups is 1. The molecule has 3 nitrogen and oxygen atoms in total. The standard InChI is InChI=1S/C28H32N2O/c1-22(23-14-8-5-9-15-23)30(27(31)29-28(2,3)4)21-20-26(24-16-10-6-11-17-24)25-18-12-7-13-19-25/h5-20,22H,21H2,1-4H3,(H,29,31)/t22-/m0/s1. The summed E-state index contributed by atoms with van der Waals surface area (Å²) in [5.74, 6) is 0. The molecule has 0 heterocycles. The van der Waals surface area contributed by atoms with Gasteiger partial charge in [-0.3, -0.25) is 0 Å². The van der Waals surface area contributed by atoms with Crippen LogP contribution >= 0.6 is 0 Å². The van der Waals surface area contributed by atoms with E-state index >= 15 is 0 Å². The summed E-state index contributed by atoms with van der Waals surface area (Å²) in [5.41, 5.74) is 4.20. The maximum Gasteiger partial charge on any atom is 0.318 e. The molecule has 31 heavy (non-hydrogen) atoms. The number of benzene rings is 3. The molecule has 1 N–H and O–H groups in total. The first kappa shape index (κ1) is 22.4. The van der Waals surface area contributed by atoms with Crippen LogP contribution in [0.25, 0.3) is 5.57 Å². The molecule has 0 radical (unpaired) electrons. The van der Waals surface area contributed by atoms with Crippen LogP contribution in [0.1, 0.15) is 50.4 Å². The number of urea groups is 1. The van der Waals surface area contributed by atoms with Crippen LogP contribution in [0.3, 0.4) is 0 Å². The second-order valence-corrected chi connectivity index (χ2v) is 8.77. The zero-order valence-corrected chi connectivity index (χ0v) is 18.9. The Morgan fingerprint density at radius 2 is 1.29 bits per heavy atom. The molecule has 0 aliphatic heterocycles. The molecule has 0 aliphatic carbocycles. The Morgan fingerprint density at radius 3 is 1.74 bits per heavy atom. The third-order valence-corrected chi connectivity index (χ3v) is 5.15. The molecule has 0 aromatic heterocycles. The third-order valence-electron chi connectivity index (χ3n) is 5.15. The summed E-state index contributed by atoms with van der Waals surface area (Å²) in [6.45, 7) is 8.59. The van der Waals surface area contributed by atoms with Gasteiger partial charge in [0.1, 0.15) is 0 Å². The van der Waals surface area contributed by atoms with Crippen LogP contribution in [0.4, 0.5) is 4.79 Å². The first-order valence-corrected chi connectivity index (χ1v) is 10.8. The minimum atomic E-state index is -0.308. The van der Waals surface area contributed by atoms with Gasteiger partial charge in [0.25, 0.3) is 0 Å². The van der Waals surface area contributed by atoms with Crippen molar-refractivity contribution < 1.29 is 4.79 Å². The largest absolute Gasteiger partial charge is 0.333 e. The van der Waals surface area contributed by atoms with Crippen molar-refractivity contribution in [3.8, 4) is 0 Å². The first-order chi connectivity index (χ1) is 14.8. The summed E-state index contributed by atoms with van der Waals surface area (Å²) in [4.78, 5) is 15.1. The van der Waals surface area contributed by atoms with Gasteiger partial charge in [0.05, 0.1) is 6.04 Å². The van der Waals surface area contributed by atoms with E-state index in [1.54, 1.807) is 0 Å². The highest BCUT2D eigenvalue weighted by molar-refractivity contribution is 5.81. The van der Waals surface area contributed by atoms with Crippen molar-refractivity contribution >= 4 is 11.6 Å². The molecule has 0 saturated heterocycles. The van der Waals surface area contributed by atoms with Gasteiger partial charge in [-0.25, -0.2) is 4.79 Å². The lowest BCUT2D eigenvalue weighted by atomic mass is 9.97. The maximum absolute atomic E-state index is 13.2. The fourth-order valence-electron chi connectivity index (χ4n) is 3.55. The van der Waals surface area contributed by atoms with E-state index in [2.05, 4.69) is 54.7 Å². The van der Waals surface area contributed by atoms with Crippen molar-refractivity contribution in [1.82, 2.24) is 10.2 Å². The van der Waals surface area contributed by atoms with E-state index in [4.69, 9.17) is 0 Å². The SMILES string of the molecule is C[C@@H](c1ccccc1)N(CC=C(c1ccccc1)c1ccccc1)C(=O)NC(C)(C)C. The molecule has 1 atom stereocenters. The Balaban J connectivity index is 1.97. The van der Waals surface area contributed by atoms with Crippen molar-refractivity contribution in [3.05, 3.63) is 114 Å². The predicted octanol–water partition coefficient (Wildman–Crippen LogP) is 6.69. The van der Waals surface area contributed by atoms with E-state index in [9.17, 15) is 4.79 Å². The van der Waals surface area contributed by atoms with E-state index in [1.807, 2.05) is 80.3 Å². The molecule has 3 aromatic carbocycles. The van der Waals surface area contributed by atoms with E-state index in [0.717, 1.165) is 22.3 Å². The Morgan fingerprint density at radius 1 is 0.839 bits per heavy atom. The van der Waals surface area contributed by atoms with E-state index in [-0.39, 0.29) is 17.6 Å². The van der Waals surface area contributed by atoms with Gasteiger partial charge in [-0.2, -0.15) is 0 Å². The number of hydrogen-bond acceptors (Lipinski definition) is 1. The van der Waals surface area contributed by atoms with Crippen LogP contribution in [0, 0.1) is 0 Å². The van der Waals surface area contributed by atoms with Crippen LogP contribution < -0.4 is 5.32 Å². The number of carbonyl (C=O) groups excluding carboxylic acids is 1. The van der Waals surface area contributed by atoms with Crippen molar-refractivity contribution in [3.63, 3.8) is 0 Å². The topological polar surface area (TPSA) is 32.3 Å². The highest BCUT2D eigenvalue weighted by Crippen LogP contribution is 2.25. The highest BCUT2D eigenvalue weighted by Gasteiger charge is 2.24. The number of nitrogens with zero attached hydrogens (tertiary/aromatic N) is 1. The number of hydrogen-bond donors (Lipinski definition) is 1. The van der Waals surface area contributed by atoms with Crippen molar-refractivity contribution in [2.45, 2.75) is 39.3 Å². The normalized spacial score (nSPS) is 12.0. The summed E-state index contributed by atoms with van der Waals surface area (Å²) >= 11 is 0. The lowest BCUT2D eigenvalue weighted by molar-refractivity contribution is 0.178. The molecule has 3 heteroatoms. The molecule has 0 fully saturated rings. The van der Waals surface area contributed by atoms with Gasteiger partial charge in [-0.1, -0.05) is 97.1 Å². The average molecular weight is 413 g/mol. The zero-order valence-electron chi connectivity index (χ0n) is 18.9. The molecule has 3 aromatic rings. The second kappa shape index (κ2) is 10.1. The maximum atomic E-state index is 13.2. The third kappa shape index (κ3) is 6.32. The average Bonchev–Trinajstić information content (AvgIpc) is 2.77. The molecular weight excluding hydrogens is 380 g/mol. The molecule has 0 spiro atoms. The van der Waals surface area contributed by atoms with Crippen LogP contribution in [0.5, 0.6) is 0 Å². The first-order valence-electron chi connectivity index (χ1n) is 10.8. The van der Waals surface area contributed by atoms with Gasteiger partial charge in [0.15, 0.2) is 0 Å². The summed E-state index contributed by atoms with van der Waals surface area (Å²) in [7, 11) is 0. The van der Waals surface area contributed by atoms with Gasteiger partial charge < -0.3 is 10.2 Å². The smallest absolute Gasteiger partial charge is 0.318 e. The lowest BCUT2D eigenvalue weighted by Crippen LogP contribution is -2.49. The van der Waals surface area contributed by atoms with Crippen molar-refractivity contribution in [2.75, 3.05) is 6.54 Å². The summed E-state index contributed by atoms with van der Waals surface area (Å²) in [5, 5.41) is 3.13. The van der Waals surface area contributed by atoms with E-state index in [0.29, 0.717) is 6.54 Å². The van der Waals surface area contributed by atoms with Gasteiger partial charge >= 0.3 is 6.03 Å². The molecular formula is C28H32N2O. The molecule has 3 rings (SSSR count). The fraction of sp³-hybridized carbons (Fsp3) is 0.250. The predicted molar refractivity (Wildman–Crippen MR) is 130 cm³/mol. The summed E-state index contributed by atoms with van der Waals surface area (Å²) < 4.78 is 0. The Labute approximate surface area is 186 Å². The Hall–Kier alpha value is -3.33. The minimum Gasteiger partial charge on any atom is -0.333 e. The van der Waals surface area contributed by atoms with E-state index < -0.39 is 0 Å². The number of nitrogens with one attached hydrogen (secondary N) is 1. The molecule has 0 saturated carbocycles. The van der Waals surface area contributed by atoms with Crippen LogP contribution in [-0.2, 0) is 0 Å².